The third kappa shape index (κ3) is 10.7. The molecule has 0 saturated carbocycles. The Morgan fingerprint density at radius 1 is 1.21 bits per heavy atom. The van der Waals surface area contributed by atoms with Crippen LogP contribution in [0.25, 0.3) is 0 Å². The number of quaternary nitrogens is 1. The number of likely N-dealkylation sites (N-methyl/N-ethyl adjacent to an activating group) is 1. The van der Waals surface area contributed by atoms with Gasteiger partial charge in [0, 0.05) is 19.2 Å². The molecule has 1 fully saturated rings. The second-order valence-corrected chi connectivity index (χ2v) is 9.71. The van der Waals surface area contributed by atoms with Crippen LogP contribution in [0.15, 0.2) is 24.3 Å². The molecule has 1 heterocycles. The lowest BCUT2D eigenvalue weighted by Crippen LogP contribution is -2.52. The van der Waals surface area contributed by atoms with Crippen LogP contribution < -0.4 is 5.32 Å². The van der Waals surface area contributed by atoms with E-state index < -0.39 is 10.1 Å². The smallest absolute Gasteiger partial charge is 0.227 e. The predicted molar refractivity (Wildman–Crippen MR) is 114 cm³/mol. The first-order valence-corrected chi connectivity index (χ1v) is 11.9. The largest absolute Gasteiger partial charge is 0.748 e. The highest BCUT2D eigenvalue weighted by Crippen LogP contribution is 2.21. The van der Waals surface area contributed by atoms with Gasteiger partial charge in [0.15, 0.2) is 0 Å². The lowest BCUT2D eigenvalue weighted by molar-refractivity contribution is -0.916. The molecule has 0 unspecified atom stereocenters. The van der Waals surface area contributed by atoms with E-state index in [1.165, 1.54) is 5.56 Å². The molecule has 1 saturated heterocycles. The van der Waals surface area contributed by atoms with Crippen molar-refractivity contribution >= 4 is 16.0 Å². The molecule has 0 spiro atoms. The number of morpholine rings is 1. The first kappa shape index (κ1) is 25.6. The first-order valence-electron chi connectivity index (χ1n) is 10.1. The van der Waals surface area contributed by atoms with Crippen LogP contribution in [0.1, 0.15) is 50.2 Å². The summed E-state index contributed by atoms with van der Waals surface area (Å²) in [6, 6.07) is 8.40. The lowest BCUT2D eigenvalue weighted by Gasteiger charge is -2.37. The van der Waals surface area contributed by atoms with Gasteiger partial charge in [-0.2, -0.15) is 0 Å². The molecule has 1 amide bonds. The summed E-state index contributed by atoms with van der Waals surface area (Å²) in [5, 5.41) is 3.11. The minimum absolute atomic E-state index is 0.100. The highest BCUT2D eigenvalue weighted by Gasteiger charge is 2.24. The van der Waals surface area contributed by atoms with Gasteiger partial charge in [0.05, 0.1) is 42.8 Å². The Balaban J connectivity index is 0.000000749. The van der Waals surface area contributed by atoms with Crippen LogP contribution in [0.3, 0.4) is 0 Å². The first-order chi connectivity index (χ1) is 13.4. The molecule has 1 aliphatic heterocycles. The number of benzene rings is 1. The summed E-state index contributed by atoms with van der Waals surface area (Å²) in [5.74, 6) is 0.510. The quantitative estimate of drug-likeness (QED) is 0.407. The number of amides is 1. The molecular weight excluding hydrogens is 392 g/mol. The highest BCUT2D eigenvalue weighted by molar-refractivity contribution is 7.84. The van der Waals surface area contributed by atoms with Gasteiger partial charge in [-0.25, -0.2) is 8.42 Å². The highest BCUT2D eigenvalue weighted by atomic mass is 32.2. The summed E-state index contributed by atoms with van der Waals surface area (Å²) >= 11 is 0. The zero-order valence-corrected chi connectivity index (χ0v) is 19.1. The maximum Gasteiger partial charge on any atom is 0.227 e. The fourth-order valence-electron chi connectivity index (χ4n) is 3.17. The van der Waals surface area contributed by atoms with E-state index in [0.29, 0.717) is 12.2 Å². The van der Waals surface area contributed by atoms with Gasteiger partial charge >= 0.3 is 0 Å². The van der Waals surface area contributed by atoms with E-state index in [1.807, 2.05) is 6.92 Å². The van der Waals surface area contributed by atoms with Crippen molar-refractivity contribution in [2.75, 3.05) is 52.7 Å². The second-order valence-electron chi connectivity index (χ2n) is 8.30. The normalized spacial score (nSPS) is 17.2. The monoisotopic (exact) mass is 428 g/mol. The van der Waals surface area contributed by atoms with Gasteiger partial charge in [0.25, 0.3) is 0 Å². The molecule has 166 valence electrons. The number of carbonyl (C=O) groups is 1. The number of nitrogens with one attached hydrogen (secondary N) is 1. The molecule has 0 radical (unpaired) electrons. The lowest BCUT2D eigenvalue weighted by atomic mass is 9.94. The van der Waals surface area contributed by atoms with Gasteiger partial charge in [-0.1, -0.05) is 38.1 Å². The summed E-state index contributed by atoms with van der Waals surface area (Å²) in [5.41, 5.74) is 2.39. The Bertz CT molecular complexity index is 735. The van der Waals surface area contributed by atoms with Crippen molar-refractivity contribution in [3.8, 4) is 0 Å². The number of hydrogen-bond acceptors (Lipinski definition) is 5. The summed E-state index contributed by atoms with van der Waals surface area (Å²) in [7, 11) is -1.63. The Morgan fingerprint density at radius 2 is 1.76 bits per heavy atom. The maximum atomic E-state index is 12.4. The number of carbonyl (C=O) groups excluding carboxylic acids is 1. The van der Waals surface area contributed by atoms with Gasteiger partial charge in [0.2, 0.25) is 5.91 Å². The van der Waals surface area contributed by atoms with Gasteiger partial charge in [0.1, 0.15) is 13.1 Å². The van der Waals surface area contributed by atoms with Crippen molar-refractivity contribution < 1.29 is 27.0 Å². The topological polar surface area (TPSA) is 95.5 Å². The third-order valence-corrected chi connectivity index (χ3v) is 5.20. The molecule has 8 heteroatoms. The van der Waals surface area contributed by atoms with Gasteiger partial charge in [-0.3, -0.25) is 4.79 Å². The number of hydrogen-bond donors (Lipinski definition) is 1. The molecule has 1 aliphatic rings. The molecule has 1 atom stereocenters. The number of rotatable bonds is 7. The van der Waals surface area contributed by atoms with E-state index in [0.717, 1.165) is 55.9 Å². The summed E-state index contributed by atoms with van der Waals surface area (Å²) in [4.78, 5) is 12.4. The van der Waals surface area contributed by atoms with E-state index >= 15 is 0 Å². The van der Waals surface area contributed by atoms with Gasteiger partial charge < -0.3 is 19.1 Å². The van der Waals surface area contributed by atoms with Crippen molar-refractivity contribution in [2.24, 2.45) is 0 Å². The number of nitrogens with zero attached hydrogens (tertiary/aromatic N) is 1. The van der Waals surface area contributed by atoms with Crippen LogP contribution in [0.4, 0.5) is 0 Å². The fourth-order valence-corrected chi connectivity index (χ4v) is 3.17. The second kappa shape index (κ2) is 11.6. The zero-order chi connectivity index (χ0) is 22.1. The third-order valence-electron chi connectivity index (χ3n) is 5.20. The summed E-state index contributed by atoms with van der Waals surface area (Å²) < 4.78 is 33.7. The number of ether oxygens (including phenoxy) is 1. The van der Waals surface area contributed by atoms with Gasteiger partial charge in [-0.05, 0) is 24.0 Å². The predicted octanol–water partition coefficient (Wildman–Crippen LogP) is 2.06. The van der Waals surface area contributed by atoms with Crippen LogP contribution in [0.5, 0.6) is 0 Å². The van der Waals surface area contributed by atoms with E-state index in [9.17, 15) is 4.79 Å². The molecule has 7 nitrogen and oxygen atoms in total. The van der Waals surface area contributed by atoms with Crippen molar-refractivity contribution in [1.29, 1.82) is 0 Å². The van der Waals surface area contributed by atoms with E-state index in [2.05, 4.69) is 50.5 Å². The Labute approximate surface area is 175 Å². The van der Waals surface area contributed by atoms with Crippen molar-refractivity contribution in [3.63, 3.8) is 0 Å². The fraction of sp³-hybridized carbons (Fsp3) is 0.667. The van der Waals surface area contributed by atoms with Crippen LogP contribution in [-0.2, 0) is 19.6 Å². The van der Waals surface area contributed by atoms with Crippen molar-refractivity contribution in [3.05, 3.63) is 35.4 Å². The van der Waals surface area contributed by atoms with Crippen molar-refractivity contribution in [2.45, 2.75) is 39.0 Å². The Morgan fingerprint density at radius 3 is 2.31 bits per heavy atom. The molecule has 1 aromatic carbocycles. The molecule has 2 rings (SSSR count). The van der Waals surface area contributed by atoms with Crippen LogP contribution in [0.2, 0.25) is 0 Å². The molecule has 1 N–H and O–H groups in total. The molecule has 0 aliphatic carbocycles. The van der Waals surface area contributed by atoms with Crippen LogP contribution in [0, 0.1) is 0 Å². The zero-order valence-electron chi connectivity index (χ0n) is 18.3. The standard InChI is InChI=1S/C20H32N2O2.CH4O3S/c1-16(2)18-7-5-8-19(15-18)17(3)20(23)21-9-6-10-22(4)11-13-24-14-12-22;1-5(2,3)4/h5,7-8,15-17H,6,9-14H2,1-4H3;1H3,(H,2,3,4)/t17-;/m1./s1. The van der Waals surface area contributed by atoms with Crippen LogP contribution >= 0.6 is 0 Å². The Kier molecular flexibility index (Phi) is 10.3. The molecule has 29 heavy (non-hydrogen) atoms. The maximum absolute atomic E-state index is 12.4. The molecule has 1 aromatic rings. The van der Waals surface area contributed by atoms with E-state index in [-0.39, 0.29) is 11.8 Å². The molecule has 0 aromatic heterocycles. The molecule has 0 bridgehead atoms. The average Bonchev–Trinajstić information content (AvgIpc) is 2.64. The van der Waals surface area contributed by atoms with E-state index in [4.69, 9.17) is 17.7 Å². The average molecular weight is 429 g/mol. The van der Waals surface area contributed by atoms with E-state index in [1.54, 1.807) is 0 Å². The molecular formula is C21H36N2O5S. The minimum atomic E-state index is -3.92. The van der Waals surface area contributed by atoms with Crippen LogP contribution in [-0.4, -0.2) is 76.1 Å². The summed E-state index contributed by atoms with van der Waals surface area (Å²) in [6.45, 7) is 12.1. The SMILES string of the molecule is CC(C)c1cccc([C@@H](C)C(=O)NCCC[N+]2(C)CCOCC2)c1.CS(=O)(=O)[O-]. The minimum Gasteiger partial charge on any atom is -0.748 e. The Hall–Kier alpha value is -1.48. The summed E-state index contributed by atoms with van der Waals surface area (Å²) in [6.07, 6.45) is 1.62. The van der Waals surface area contributed by atoms with Crippen molar-refractivity contribution in [1.82, 2.24) is 5.32 Å². The van der Waals surface area contributed by atoms with Gasteiger partial charge in [-0.15, -0.1) is 0 Å².